The maximum absolute atomic E-state index is 12.2. The highest BCUT2D eigenvalue weighted by Crippen LogP contribution is 2.24. The molecule has 1 aromatic carbocycles. The Bertz CT molecular complexity index is 1130. The van der Waals surface area contributed by atoms with E-state index in [-0.39, 0.29) is 22.8 Å². The van der Waals surface area contributed by atoms with E-state index in [4.69, 9.17) is 32.0 Å². The Morgan fingerprint density at radius 3 is 2.90 bits per heavy atom. The molecule has 11 heteroatoms. The Morgan fingerprint density at radius 2 is 2.10 bits per heavy atom. The number of carbonyl (C=O) groups is 1. The van der Waals surface area contributed by atoms with Gasteiger partial charge in [0, 0.05) is 22.3 Å². The van der Waals surface area contributed by atoms with Crippen LogP contribution >= 0.6 is 35.0 Å². The molecule has 1 amide bonds. The van der Waals surface area contributed by atoms with Gasteiger partial charge in [-0.1, -0.05) is 41.0 Å². The van der Waals surface area contributed by atoms with Crippen LogP contribution in [0.5, 0.6) is 0 Å². The van der Waals surface area contributed by atoms with E-state index in [0.717, 1.165) is 17.3 Å². The van der Waals surface area contributed by atoms with E-state index >= 15 is 0 Å². The van der Waals surface area contributed by atoms with Crippen LogP contribution in [0.3, 0.4) is 0 Å². The molecule has 0 fully saturated rings. The number of hydrogen-bond donors (Lipinski definition) is 1. The number of nitrogens with zero attached hydrogens (tertiary/aromatic N) is 4. The number of anilines is 1. The quantitative estimate of drug-likeness (QED) is 0.411. The third-order valence-electron chi connectivity index (χ3n) is 3.72. The van der Waals surface area contributed by atoms with Gasteiger partial charge in [0.05, 0.1) is 18.6 Å². The van der Waals surface area contributed by atoms with Gasteiger partial charge in [-0.3, -0.25) is 9.48 Å². The number of carbonyl (C=O) groups excluding carboxylic acids is 1. The van der Waals surface area contributed by atoms with Crippen molar-refractivity contribution in [2.75, 3.05) is 11.1 Å². The summed E-state index contributed by atoms with van der Waals surface area (Å²) in [5.41, 5.74) is 0.872. The molecule has 4 rings (SSSR count). The van der Waals surface area contributed by atoms with E-state index in [1.54, 1.807) is 41.2 Å². The summed E-state index contributed by atoms with van der Waals surface area (Å²) < 4.78 is 12.3. The van der Waals surface area contributed by atoms with Gasteiger partial charge in [-0.2, -0.15) is 5.10 Å². The molecule has 1 N–H and O–H groups in total. The van der Waals surface area contributed by atoms with Gasteiger partial charge < -0.3 is 14.2 Å². The van der Waals surface area contributed by atoms with Crippen molar-refractivity contribution in [1.82, 2.24) is 20.0 Å². The zero-order valence-electron chi connectivity index (χ0n) is 14.7. The van der Waals surface area contributed by atoms with Crippen LogP contribution in [0.15, 0.2) is 62.9 Å². The maximum atomic E-state index is 12.2. The highest BCUT2D eigenvalue weighted by molar-refractivity contribution is 7.99. The largest absolute Gasteiger partial charge is 0.459 e. The number of thioether (sulfide) groups is 1. The summed E-state index contributed by atoms with van der Waals surface area (Å²) >= 11 is 13.2. The van der Waals surface area contributed by atoms with Crippen molar-refractivity contribution in [3.63, 3.8) is 0 Å². The van der Waals surface area contributed by atoms with Crippen molar-refractivity contribution < 1.29 is 13.6 Å². The lowest BCUT2D eigenvalue weighted by molar-refractivity contribution is -0.113. The Labute approximate surface area is 179 Å². The first kappa shape index (κ1) is 19.6. The van der Waals surface area contributed by atoms with Crippen LogP contribution in [0.2, 0.25) is 10.0 Å². The monoisotopic (exact) mass is 449 g/mol. The third-order valence-corrected chi connectivity index (χ3v) is 5.13. The van der Waals surface area contributed by atoms with Gasteiger partial charge in [-0.15, -0.1) is 10.2 Å². The molecule has 0 aliphatic heterocycles. The molecule has 0 aliphatic rings. The molecular formula is C18H13Cl2N5O3S. The Hall–Kier alpha value is -2.75. The summed E-state index contributed by atoms with van der Waals surface area (Å²) in [5, 5.41) is 16.2. The minimum absolute atomic E-state index is 0.0929. The van der Waals surface area contributed by atoms with Crippen LogP contribution in [-0.2, 0) is 11.3 Å². The highest BCUT2D eigenvalue weighted by atomic mass is 35.5. The first-order valence-electron chi connectivity index (χ1n) is 8.34. The Morgan fingerprint density at radius 1 is 1.21 bits per heavy atom. The third kappa shape index (κ3) is 5.00. The van der Waals surface area contributed by atoms with Crippen molar-refractivity contribution in [2.45, 2.75) is 11.8 Å². The molecule has 0 saturated heterocycles. The topological polar surface area (TPSA) is 99.0 Å². The van der Waals surface area contributed by atoms with Crippen LogP contribution in [0.25, 0.3) is 11.7 Å². The number of nitrogens with one attached hydrogen (secondary N) is 1. The maximum Gasteiger partial charge on any atom is 0.284 e. The number of benzene rings is 1. The zero-order chi connectivity index (χ0) is 20.2. The molecule has 148 valence electrons. The molecule has 29 heavy (non-hydrogen) atoms. The van der Waals surface area contributed by atoms with E-state index in [0.29, 0.717) is 28.2 Å². The zero-order valence-corrected chi connectivity index (χ0v) is 17.0. The normalized spacial score (nSPS) is 11.0. The number of amides is 1. The molecule has 3 aromatic heterocycles. The minimum Gasteiger partial charge on any atom is -0.459 e. The van der Waals surface area contributed by atoms with Crippen LogP contribution in [0.1, 0.15) is 5.56 Å². The number of rotatable bonds is 7. The van der Waals surface area contributed by atoms with Crippen molar-refractivity contribution >= 4 is 46.7 Å². The van der Waals surface area contributed by atoms with Crippen molar-refractivity contribution in [1.29, 1.82) is 0 Å². The summed E-state index contributed by atoms with van der Waals surface area (Å²) in [7, 11) is 0. The summed E-state index contributed by atoms with van der Waals surface area (Å²) in [6.45, 7) is 0.457. The first-order valence-corrected chi connectivity index (χ1v) is 10.1. The van der Waals surface area contributed by atoms with Gasteiger partial charge in [0.25, 0.3) is 11.1 Å². The lowest BCUT2D eigenvalue weighted by atomic mass is 10.2. The average Bonchev–Trinajstić information content (AvgIpc) is 3.44. The molecule has 0 bridgehead atoms. The van der Waals surface area contributed by atoms with Crippen molar-refractivity contribution in [3.05, 3.63) is 64.5 Å². The Balaban J connectivity index is 1.30. The summed E-state index contributed by atoms with van der Waals surface area (Å²) in [6, 6.07) is 10.4. The minimum atomic E-state index is -0.248. The van der Waals surface area contributed by atoms with Crippen LogP contribution in [0, 0.1) is 0 Å². The molecule has 3 heterocycles. The van der Waals surface area contributed by atoms with E-state index in [2.05, 4.69) is 20.6 Å². The van der Waals surface area contributed by atoms with Gasteiger partial charge in [-0.05, 0) is 29.8 Å². The molecule has 8 nitrogen and oxygen atoms in total. The molecule has 0 spiro atoms. The number of furan rings is 1. The lowest BCUT2D eigenvalue weighted by Gasteiger charge is -2.05. The SMILES string of the molecule is O=C(CSc1nnc(-c2ccco2)o1)Nc1ccn(Cc2ccc(Cl)cc2Cl)n1. The van der Waals surface area contributed by atoms with Crippen molar-refractivity contribution in [3.8, 4) is 11.7 Å². The van der Waals surface area contributed by atoms with Crippen LogP contribution < -0.4 is 5.32 Å². The summed E-state index contributed by atoms with van der Waals surface area (Å²) in [6.07, 6.45) is 3.27. The first-order chi connectivity index (χ1) is 14.1. The second-order valence-corrected chi connectivity index (χ2v) is 7.59. The molecule has 0 saturated carbocycles. The van der Waals surface area contributed by atoms with Gasteiger partial charge in [0.1, 0.15) is 0 Å². The van der Waals surface area contributed by atoms with Gasteiger partial charge in [0.2, 0.25) is 5.91 Å². The molecule has 0 atom stereocenters. The molecular weight excluding hydrogens is 437 g/mol. The molecule has 4 aromatic rings. The average molecular weight is 450 g/mol. The fourth-order valence-electron chi connectivity index (χ4n) is 2.41. The predicted molar refractivity (Wildman–Crippen MR) is 109 cm³/mol. The predicted octanol–water partition coefficient (Wildman–Crippen LogP) is 4.61. The number of aromatic nitrogens is 4. The van der Waals surface area contributed by atoms with Crippen molar-refractivity contribution in [2.24, 2.45) is 0 Å². The second kappa shape index (κ2) is 8.73. The highest BCUT2D eigenvalue weighted by Gasteiger charge is 2.13. The second-order valence-electron chi connectivity index (χ2n) is 5.82. The fraction of sp³-hybridized carbons (Fsp3) is 0.111. The number of hydrogen-bond acceptors (Lipinski definition) is 7. The standard InChI is InChI=1S/C18H13Cl2N5O3S/c19-12-4-3-11(13(20)8-12)9-25-6-5-15(24-25)21-16(26)10-29-18-23-22-17(28-18)14-2-1-7-27-14/h1-8H,9-10H2,(H,21,24,26). The Kier molecular flexibility index (Phi) is 5.89. The molecule has 0 aliphatic carbocycles. The van der Waals surface area contributed by atoms with Crippen LogP contribution in [-0.4, -0.2) is 31.6 Å². The molecule has 0 unspecified atom stereocenters. The van der Waals surface area contributed by atoms with Gasteiger partial charge >= 0.3 is 0 Å². The lowest BCUT2D eigenvalue weighted by Crippen LogP contribution is -2.15. The van der Waals surface area contributed by atoms with Gasteiger partial charge in [-0.25, -0.2) is 0 Å². The van der Waals surface area contributed by atoms with Crippen LogP contribution in [0.4, 0.5) is 5.82 Å². The van der Waals surface area contributed by atoms with E-state index < -0.39 is 0 Å². The fourth-order valence-corrected chi connectivity index (χ4v) is 3.45. The van der Waals surface area contributed by atoms with E-state index in [9.17, 15) is 4.79 Å². The smallest absolute Gasteiger partial charge is 0.284 e. The van der Waals surface area contributed by atoms with E-state index in [1.165, 1.54) is 6.26 Å². The summed E-state index contributed by atoms with van der Waals surface area (Å²) in [5.74, 6) is 1.01. The number of halogens is 2. The van der Waals surface area contributed by atoms with Gasteiger partial charge in [0.15, 0.2) is 11.6 Å². The van der Waals surface area contributed by atoms with E-state index in [1.807, 2.05) is 6.07 Å². The molecule has 0 radical (unpaired) electrons. The summed E-state index contributed by atoms with van der Waals surface area (Å²) in [4.78, 5) is 12.2.